The Morgan fingerprint density at radius 2 is 2.14 bits per heavy atom. The zero-order valence-corrected chi connectivity index (χ0v) is 14.0. The number of aliphatic hydroxyl groups excluding tert-OH is 1. The van der Waals surface area contributed by atoms with Crippen molar-refractivity contribution in [2.45, 2.75) is 53.1 Å². The quantitative estimate of drug-likeness (QED) is 0.873. The van der Waals surface area contributed by atoms with E-state index in [1.54, 1.807) is 4.90 Å². The molecule has 0 spiro atoms. The highest BCUT2D eigenvalue weighted by atomic mass is 16.3. The Labute approximate surface area is 127 Å². The molecule has 2 amide bonds. The van der Waals surface area contributed by atoms with Crippen LogP contribution in [0.5, 0.6) is 0 Å². The lowest BCUT2D eigenvalue weighted by Gasteiger charge is -2.23. The average Bonchev–Trinajstić information content (AvgIpc) is 2.77. The van der Waals surface area contributed by atoms with Crippen LogP contribution in [0.2, 0.25) is 0 Å². The van der Waals surface area contributed by atoms with Crippen LogP contribution >= 0.6 is 0 Å². The molecule has 6 nitrogen and oxygen atoms in total. The highest BCUT2D eigenvalue weighted by Crippen LogP contribution is 2.21. The van der Waals surface area contributed by atoms with E-state index >= 15 is 0 Å². The average molecular weight is 296 g/mol. The molecule has 0 unspecified atom stereocenters. The fourth-order valence-electron chi connectivity index (χ4n) is 2.12. The third-order valence-corrected chi connectivity index (χ3v) is 3.47. The van der Waals surface area contributed by atoms with Crippen LogP contribution in [0.1, 0.15) is 51.9 Å². The first-order valence-electron chi connectivity index (χ1n) is 7.43. The molecule has 120 valence electrons. The molecule has 6 heteroatoms. The predicted octanol–water partition coefficient (Wildman–Crippen LogP) is 2.03. The third kappa shape index (κ3) is 4.46. The van der Waals surface area contributed by atoms with Crippen LogP contribution in [0.15, 0.2) is 6.20 Å². The molecule has 1 rings (SSSR count). The Bertz CT molecular complexity index is 477. The van der Waals surface area contributed by atoms with Gasteiger partial charge in [-0.15, -0.1) is 0 Å². The van der Waals surface area contributed by atoms with E-state index in [0.717, 1.165) is 11.3 Å². The van der Waals surface area contributed by atoms with Gasteiger partial charge in [0.2, 0.25) is 0 Å². The van der Waals surface area contributed by atoms with Crippen molar-refractivity contribution in [2.24, 2.45) is 0 Å². The first-order valence-corrected chi connectivity index (χ1v) is 7.43. The summed E-state index contributed by atoms with van der Waals surface area (Å²) in [7, 11) is 0. The number of carbonyl (C=O) groups excluding carboxylic acids is 1. The molecule has 0 radical (unpaired) electrons. The van der Waals surface area contributed by atoms with Crippen molar-refractivity contribution in [3.63, 3.8) is 0 Å². The summed E-state index contributed by atoms with van der Waals surface area (Å²) in [6.07, 6.45) is 1.99. The number of urea groups is 1. The largest absolute Gasteiger partial charge is 0.395 e. The second kappa shape index (κ2) is 6.93. The van der Waals surface area contributed by atoms with Crippen LogP contribution in [-0.2, 0) is 5.54 Å². The van der Waals surface area contributed by atoms with Gasteiger partial charge in [0.1, 0.15) is 0 Å². The summed E-state index contributed by atoms with van der Waals surface area (Å²) < 4.78 is 1.92. The molecule has 0 aliphatic carbocycles. The van der Waals surface area contributed by atoms with Gasteiger partial charge in [0.15, 0.2) is 0 Å². The smallest absolute Gasteiger partial charge is 0.317 e. The van der Waals surface area contributed by atoms with E-state index in [1.165, 1.54) is 0 Å². The molecule has 0 saturated carbocycles. The fraction of sp³-hybridized carbons (Fsp3) is 0.733. The zero-order chi connectivity index (χ0) is 16.2. The maximum atomic E-state index is 12.1. The van der Waals surface area contributed by atoms with Gasteiger partial charge >= 0.3 is 6.03 Å². The van der Waals surface area contributed by atoms with Crippen molar-refractivity contribution in [1.82, 2.24) is 20.0 Å². The van der Waals surface area contributed by atoms with Gasteiger partial charge in [0, 0.05) is 24.8 Å². The number of aryl methyl sites for hydroxylation is 1. The van der Waals surface area contributed by atoms with Gasteiger partial charge in [-0.1, -0.05) is 0 Å². The van der Waals surface area contributed by atoms with Gasteiger partial charge in [0.05, 0.1) is 23.9 Å². The van der Waals surface area contributed by atoms with Crippen LogP contribution in [0.25, 0.3) is 0 Å². The minimum atomic E-state index is -0.165. The van der Waals surface area contributed by atoms with Crippen LogP contribution in [0, 0.1) is 6.92 Å². The van der Waals surface area contributed by atoms with Gasteiger partial charge in [-0.05, 0) is 41.5 Å². The van der Waals surface area contributed by atoms with Crippen molar-refractivity contribution in [2.75, 3.05) is 19.7 Å². The molecular formula is C15H28N4O2. The summed E-state index contributed by atoms with van der Waals surface area (Å²) in [5.41, 5.74) is 1.85. The molecule has 0 aliphatic rings. The SMILES string of the molecule is CCN(CCO)C(=O)N[C@@H](C)c1cn(C(C)(C)C)nc1C. The Hall–Kier alpha value is -1.56. The molecule has 0 bridgehead atoms. The molecule has 1 heterocycles. The number of hydrogen-bond acceptors (Lipinski definition) is 3. The highest BCUT2D eigenvalue weighted by Gasteiger charge is 2.21. The first-order chi connectivity index (χ1) is 9.70. The van der Waals surface area contributed by atoms with E-state index in [1.807, 2.05) is 31.6 Å². The predicted molar refractivity (Wildman–Crippen MR) is 83.2 cm³/mol. The van der Waals surface area contributed by atoms with Crippen LogP contribution in [0.3, 0.4) is 0 Å². The summed E-state index contributed by atoms with van der Waals surface area (Å²) in [6, 6.07) is -0.289. The summed E-state index contributed by atoms with van der Waals surface area (Å²) in [5.74, 6) is 0. The highest BCUT2D eigenvalue weighted by molar-refractivity contribution is 5.74. The van der Waals surface area contributed by atoms with Crippen LogP contribution < -0.4 is 5.32 Å². The Kier molecular flexibility index (Phi) is 5.78. The lowest BCUT2D eigenvalue weighted by Crippen LogP contribution is -2.42. The van der Waals surface area contributed by atoms with Crippen molar-refractivity contribution in [1.29, 1.82) is 0 Å². The molecule has 0 saturated heterocycles. The number of nitrogens with zero attached hydrogens (tertiary/aromatic N) is 3. The monoisotopic (exact) mass is 296 g/mol. The van der Waals surface area contributed by atoms with Crippen LogP contribution in [-0.4, -0.2) is 45.5 Å². The molecule has 21 heavy (non-hydrogen) atoms. The number of hydrogen-bond donors (Lipinski definition) is 2. The summed E-state index contributed by atoms with van der Waals surface area (Å²) in [4.78, 5) is 13.7. The second-order valence-electron chi connectivity index (χ2n) is 6.26. The standard InChI is InChI=1S/C15H28N4O2/c1-7-18(8-9-20)14(21)16-11(2)13-10-19(15(4,5)6)17-12(13)3/h10-11,20H,7-9H2,1-6H3,(H,16,21)/t11-/m0/s1. The number of nitrogens with one attached hydrogen (secondary N) is 1. The van der Waals surface area contributed by atoms with E-state index in [0.29, 0.717) is 13.1 Å². The molecule has 1 aromatic rings. The van der Waals surface area contributed by atoms with E-state index in [4.69, 9.17) is 5.11 Å². The van der Waals surface area contributed by atoms with Gasteiger partial charge in [-0.2, -0.15) is 5.10 Å². The minimum absolute atomic E-state index is 0.0311. The maximum Gasteiger partial charge on any atom is 0.317 e. The van der Waals surface area contributed by atoms with Gasteiger partial charge in [-0.3, -0.25) is 4.68 Å². The second-order valence-corrected chi connectivity index (χ2v) is 6.26. The Balaban J connectivity index is 2.82. The number of aliphatic hydroxyl groups is 1. The van der Waals surface area contributed by atoms with E-state index in [2.05, 4.69) is 31.2 Å². The molecule has 1 atom stereocenters. The van der Waals surface area contributed by atoms with Crippen molar-refractivity contribution in [3.8, 4) is 0 Å². The van der Waals surface area contributed by atoms with Crippen LogP contribution in [0.4, 0.5) is 4.79 Å². The minimum Gasteiger partial charge on any atom is -0.395 e. The molecule has 0 fully saturated rings. The topological polar surface area (TPSA) is 70.4 Å². The zero-order valence-electron chi connectivity index (χ0n) is 14.0. The Morgan fingerprint density at radius 1 is 1.52 bits per heavy atom. The number of likely N-dealkylation sites (N-methyl/N-ethyl adjacent to an activating group) is 1. The number of amides is 2. The molecule has 0 aromatic carbocycles. The van der Waals surface area contributed by atoms with Crippen molar-refractivity contribution >= 4 is 6.03 Å². The maximum absolute atomic E-state index is 12.1. The summed E-state index contributed by atoms with van der Waals surface area (Å²) in [5, 5.41) is 16.5. The van der Waals surface area contributed by atoms with Crippen molar-refractivity contribution in [3.05, 3.63) is 17.5 Å². The van der Waals surface area contributed by atoms with E-state index in [9.17, 15) is 4.79 Å². The molecule has 1 aromatic heterocycles. The van der Waals surface area contributed by atoms with Gasteiger partial charge in [0.25, 0.3) is 0 Å². The summed E-state index contributed by atoms with van der Waals surface area (Å²) >= 11 is 0. The van der Waals surface area contributed by atoms with E-state index < -0.39 is 0 Å². The normalized spacial score (nSPS) is 13.1. The number of aromatic nitrogens is 2. The Morgan fingerprint density at radius 3 is 2.57 bits per heavy atom. The van der Waals surface area contributed by atoms with Crippen molar-refractivity contribution < 1.29 is 9.90 Å². The summed E-state index contributed by atoms with van der Waals surface area (Å²) in [6.45, 7) is 12.9. The first kappa shape index (κ1) is 17.5. The lowest BCUT2D eigenvalue weighted by molar-refractivity contribution is 0.178. The van der Waals surface area contributed by atoms with Gasteiger partial charge < -0.3 is 15.3 Å². The molecule has 2 N–H and O–H groups in total. The van der Waals surface area contributed by atoms with Gasteiger partial charge in [-0.25, -0.2) is 4.79 Å². The lowest BCUT2D eigenvalue weighted by atomic mass is 10.1. The number of rotatable bonds is 5. The number of carbonyl (C=O) groups is 1. The third-order valence-electron chi connectivity index (χ3n) is 3.47. The van der Waals surface area contributed by atoms with E-state index in [-0.39, 0.29) is 24.2 Å². The molecular weight excluding hydrogens is 268 g/mol. The molecule has 0 aliphatic heterocycles. The fourth-order valence-corrected chi connectivity index (χ4v) is 2.12.